The number of aromatic nitrogens is 1. The Morgan fingerprint density at radius 1 is 1.16 bits per heavy atom. The van der Waals surface area contributed by atoms with Gasteiger partial charge >= 0.3 is 0 Å². The molecule has 2 N–H and O–H groups in total. The number of nitrogens with zero attached hydrogens (tertiary/aromatic N) is 2. The first-order valence-electron chi connectivity index (χ1n) is 9.48. The first-order valence-corrected chi connectivity index (χ1v) is 9.85. The van der Waals surface area contributed by atoms with E-state index in [1.807, 2.05) is 42.5 Å². The summed E-state index contributed by atoms with van der Waals surface area (Å²) in [6.07, 6.45) is 0.675. The average Bonchev–Trinajstić information content (AvgIpc) is 2.81. The van der Waals surface area contributed by atoms with Crippen molar-refractivity contribution in [2.24, 2.45) is 5.16 Å². The van der Waals surface area contributed by atoms with Crippen molar-refractivity contribution in [2.45, 2.75) is 12.7 Å². The van der Waals surface area contributed by atoms with Crippen molar-refractivity contribution in [3.05, 3.63) is 94.1 Å². The van der Waals surface area contributed by atoms with Gasteiger partial charge in [0.25, 0.3) is 5.91 Å². The molecule has 0 aliphatic carbocycles. The number of nitrogens with one attached hydrogen (secondary N) is 1. The van der Waals surface area contributed by atoms with Crippen molar-refractivity contribution in [3.63, 3.8) is 0 Å². The second-order valence-corrected chi connectivity index (χ2v) is 6.92. The molecule has 0 aliphatic heterocycles. The Hall–Kier alpha value is -3.42. The summed E-state index contributed by atoms with van der Waals surface area (Å²) in [4.78, 5) is 21.3. The molecule has 0 aliphatic rings. The lowest BCUT2D eigenvalue weighted by Gasteiger charge is -2.14. The summed E-state index contributed by atoms with van der Waals surface area (Å²) in [5, 5.41) is 17.2. The van der Waals surface area contributed by atoms with Crippen molar-refractivity contribution >= 4 is 23.2 Å². The van der Waals surface area contributed by atoms with E-state index in [-0.39, 0.29) is 29.1 Å². The van der Waals surface area contributed by atoms with E-state index in [9.17, 15) is 9.90 Å². The summed E-state index contributed by atoms with van der Waals surface area (Å²) < 4.78 is 5.79. The van der Waals surface area contributed by atoms with E-state index in [1.54, 1.807) is 18.2 Å². The number of pyridine rings is 1. The number of rotatable bonds is 8. The van der Waals surface area contributed by atoms with Gasteiger partial charge in [-0.15, -0.1) is 0 Å². The van der Waals surface area contributed by atoms with Crippen molar-refractivity contribution in [1.29, 1.82) is 0 Å². The number of hydrogen-bond donors (Lipinski definition) is 2. The molecule has 3 rings (SSSR count). The van der Waals surface area contributed by atoms with Gasteiger partial charge in [-0.1, -0.05) is 71.4 Å². The number of benzene rings is 2. The molecular weight excluding hydrogens is 418 g/mol. The predicted molar refractivity (Wildman–Crippen MR) is 118 cm³/mol. The molecule has 160 valence electrons. The topological polar surface area (TPSA) is 93.0 Å². The van der Waals surface area contributed by atoms with Crippen LogP contribution in [0.4, 0.5) is 0 Å². The smallest absolute Gasteiger partial charge is 0.273 e. The summed E-state index contributed by atoms with van der Waals surface area (Å²) in [5.74, 6) is -0.171. The predicted octanol–water partition coefficient (Wildman–Crippen LogP) is 3.49. The lowest BCUT2D eigenvalue weighted by Crippen LogP contribution is -2.29. The maximum atomic E-state index is 12.2. The molecule has 1 amide bonds. The SMILES string of the molecule is CNC(=O)/C(=N/OC)c1ccccc1COc1ncc(C(O)c2ccccc2)cc1Cl. The molecule has 8 heteroatoms. The third-order valence-electron chi connectivity index (χ3n) is 4.52. The third-order valence-corrected chi connectivity index (χ3v) is 4.79. The molecule has 0 bridgehead atoms. The van der Waals surface area contributed by atoms with Gasteiger partial charge in [-0.3, -0.25) is 4.79 Å². The minimum absolute atomic E-state index is 0.100. The summed E-state index contributed by atoms with van der Waals surface area (Å²) in [7, 11) is 2.89. The molecule has 3 aromatic rings. The first-order chi connectivity index (χ1) is 15.0. The van der Waals surface area contributed by atoms with Gasteiger partial charge in [-0.2, -0.15) is 0 Å². The number of aliphatic hydroxyl groups excluding tert-OH is 1. The Labute approximate surface area is 185 Å². The molecule has 7 nitrogen and oxygen atoms in total. The van der Waals surface area contributed by atoms with Crippen molar-refractivity contribution in [1.82, 2.24) is 10.3 Å². The van der Waals surface area contributed by atoms with Gasteiger partial charge in [0, 0.05) is 24.4 Å². The van der Waals surface area contributed by atoms with E-state index in [4.69, 9.17) is 21.2 Å². The number of hydrogen-bond acceptors (Lipinski definition) is 6. The Morgan fingerprint density at radius 2 is 1.87 bits per heavy atom. The highest BCUT2D eigenvalue weighted by Crippen LogP contribution is 2.29. The lowest BCUT2D eigenvalue weighted by molar-refractivity contribution is -0.114. The van der Waals surface area contributed by atoms with Crippen LogP contribution in [0.3, 0.4) is 0 Å². The molecule has 0 radical (unpaired) electrons. The summed E-state index contributed by atoms with van der Waals surface area (Å²) in [6, 6.07) is 18.0. The first kappa shape index (κ1) is 22.3. The zero-order valence-electron chi connectivity index (χ0n) is 17.1. The van der Waals surface area contributed by atoms with E-state index in [2.05, 4.69) is 15.5 Å². The van der Waals surface area contributed by atoms with Crippen LogP contribution in [0.5, 0.6) is 5.88 Å². The molecule has 0 saturated carbocycles. The van der Waals surface area contributed by atoms with E-state index in [0.717, 1.165) is 5.56 Å². The van der Waals surface area contributed by atoms with E-state index >= 15 is 0 Å². The number of likely N-dealkylation sites (N-methyl/N-ethyl adjacent to an activating group) is 1. The van der Waals surface area contributed by atoms with Gasteiger partial charge < -0.3 is 20.0 Å². The number of aliphatic hydroxyl groups is 1. The maximum Gasteiger partial charge on any atom is 0.273 e. The number of halogens is 1. The fraction of sp³-hybridized carbons (Fsp3) is 0.174. The Bertz CT molecular complexity index is 1070. The molecule has 1 heterocycles. The van der Waals surface area contributed by atoms with Crippen LogP contribution in [0.25, 0.3) is 0 Å². The Kier molecular flexibility index (Phi) is 7.59. The molecule has 31 heavy (non-hydrogen) atoms. The van der Waals surface area contributed by atoms with E-state index < -0.39 is 6.10 Å². The molecule has 1 aromatic heterocycles. The Morgan fingerprint density at radius 3 is 2.55 bits per heavy atom. The second-order valence-electron chi connectivity index (χ2n) is 6.52. The molecule has 1 atom stereocenters. The standard InChI is InChI=1S/C23H22ClN3O4/c1-25-22(29)20(27-30-2)18-11-7-6-10-16(18)14-31-23-19(24)12-17(13-26-23)21(28)15-8-4-3-5-9-15/h3-13,21,28H,14H2,1-2H3,(H,25,29)/b27-20+. The zero-order valence-corrected chi connectivity index (χ0v) is 17.8. The third kappa shape index (κ3) is 5.39. The van der Waals surface area contributed by atoms with Crippen molar-refractivity contribution in [2.75, 3.05) is 14.2 Å². The minimum Gasteiger partial charge on any atom is -0.472 e. The number of carbonyl (C=O) groups excluding carboxylic acids is 1. The monoisotopic (exact) mass is 439 g/mol. The van der Waals surface area contributed by atoms with Crippen LogP contribution < -0.4 is 10.1 Å². The lowest BCUT2D eigenvalue weighted by atomic mass is 10.0. The van der Waals surface area contributed by atoms with Gasteiger partial charge in [0.1, 0.15) is 24.8 Å². The van der Waals surface area contributed by atoms with Gasteiger partial charge in [0.05, 0.1) is 0 Å². The largest absolute Gasteiger partial charge is 0.472 e. The summed E-state index contributed by atoms with van der Waals surface area (Å²) in [6.45, 7) is 0.100. The van der Waals surface area contributed by atoms with Gasteiger partial charge in [0.15, 0.2) is 5.71 Å². The zero-order chi connectivity index (χ0) is 22.2. The fourth-order valence-electron chi connectivity index (χ4n) is 2.97. The Balaban J connectivity index is 1.79. The number of amides is 1. The van der Waals surface area contributed by atoms with Crippen LogP contribution in [0.2, 0.25) is 5.02 Å². The fourth-order valence-corrected chi connectivity index (χ4v) is 3.20. The number of oxime groups is 1. The van der Waals surface area contributed by atoms with Crippen molar-refractivity contribution < 1.29 is 19.5 Å². The maximum absolute atomic E-state index is 12.2. The van der Waals surface area contributed by atoms with Crippen LogP contribution in [-0.2, 0) is 16.2 Å². The molecule has 0 saturated heterocycles. The average molecular weight is 440 g/mol. The van der Waals surface area contributed by atoms with Gasteiger partial charge in [0.2, 0.25) is 5.88 Å². The van der Waals surface area contributed by atoms with Gasteiger partial charge in [-0.25, -0.2) is 4.98 Å². The van der Waals surface area contributed by atoms with Crippen LogP contribution in [0.15, 0.2) is 72.0 Å². The van der Waals surface area contributed by atoms with E-state index in [1.165, 1.54) is 20.4 Å². The highest BCUT2D eigenvalue weighted by Gasteiger charge is 2.18. The summed E-state index contributed by atoms with van der Waals surface area (Å²) in [5.41, 5.74) is 2.69. The molecular formula is C23H22ClN3O4. The highest BCUT2D eigenvalue weighted by molar-refractivity contribution is 6.45. The van der Waals surface area contributed by atoms with Crippen LogP contribution in [0, 0.1) is 0 Å². The quantitative estimate of drug-likeness (QED) is 0.414. The minimum atomic E-state index is -0.846. The van der Waals surface area contributed by atoms with Crippen LogP contribution >= 0.6 is 11.6 Å². The summed E-state index contributed by atoms with van der Waals surface area (Å²) >= 11 is 6.35. The number of ether oxygens (including phenoxy) is 1. The van der Waals surface area contributed by atoms with Crippen molar-refractivity contribution in [3.8, 4) is 5.88 Å². The normalized spacial score (nSPS) is 12.2. The second kappa shape index (κ2) is 10.6. The van der Waals surface area contributed by atoms with Crippen LogP contribution in [0.1, 0.15) is 28.4 Å². The highest BCUT2D eigenvalue weighted by atomic mass is 35.5. The van der Waals surface area contributed by atoms with Gasteiger partial charge in [-0.05, 0) is 17.2 Å². The molecule has 0 spiro atoms. The van der Waals surface area contributed by atoms with Crippen LogP contribution in [-0.4, -0.2) is 35.9 Å². The molecule has 2 aromatic carbocycles. The molecule has 1 unspecified atom stereocenters. The van der Waals surface area contributed by atoms with E-state index in [0.29, 0.717) is 16.7 Å². The number of carbonyl (C=O) groups is 1. The molecule has 0 fully saturated rings.